The number of hydrogen-bond donors (Lipinski definition) is 2. The van der Waals surface area contributed by atoms with E-state index in [4.69, 9.17) is 22.4 Å². The van der Waals surface area contributed by atoms with Crippen molar-refractivity contribution >= 4 is 23.4 Å². The van der Waals surface area contributed by atoms with Crippen LogP contribution in [0.2, 0.25) is 5.02 Å². The van der Waals surface area contributed by atoms with Gasteiger partial charge in [0.1, 0.15) is 28.8 Å². The Labute approximate surface area is 106 Å². The summed E-state index contributed by atoms with van der Waals surface area (Å²) in [4.78, 5) is 14.4. The van der Waals surface area contributed by atoms with Gasteiger partial charge in [-0.25, -0.2) is 9.07 Å². The summed E-state index contributed by atoms with van der Waals surface area (Å²) in [7, 11) is 0. The maximum Gasteiger partial charge on any atom is 0.325 e. The molecule has 3 N–H and O–H groups in total. The molecular formula is C10H8ClFN4O2. The second-order valence-electron chi connectivity index (χ2n) is 3.43. The number of aromatic nitrogens is 3. The predicted octanol–water partition coefficient (Wildman–Crippen LogP) is 1.40. The van der Waals surface area contributed by atoms with E-state index in [1.54, 1.807) is 0 Å². The van der Waals surface area contributed by atoms with Crippen molar-refractivity contribution in [1.29, 1.82) is 0 Å². The minimum absolute atomic E-state index is 0.0196. The zero-order chi connectivity index (χ0) is 13.3. The molecule has 2 heterocycles. The SMILES string of the molecule is Nc1c(Cl)c(-c2ncccc2F)nn1CC(=O)O. The molecule has 0 unspecified atom stereocenters. The highest BCUT2D eigenvalue weighted by molar-refractivity contribution is 6.35. The third-order valence-electron chi connectivity index (χ3n) is 2.20. The molecule has 0 saturated heterocycles. The van der Waals surface area contributed by atoms with Crippen molar-refractivity contribution in [2.24, 2.45) is 0 Å². The molecule has 0 aromatic carbocycles. The molecule has 0 aliphatic rings. The molecule has 0 fully saturated rings. The van der Waals surface area contributed by atoms with E-state index in [9.17, 15) is 9.18 Å². The van der Waals surface area contributed by atoms with E-state index in [-0.39, 0.29) is 22.2 Å². The molecule has 0 spiro atoms. The third-order valence-corrected chi connectivity index (χ3v) is 2.57. The van der Waals surface area contributed by atoms with Gasteiger partial charge in [0.25, 0.3) is 0 Å². The summed E-state index contributed by atoms with van der Waals surface area (Å²) in [6.07, 6.45) is 1.38. The maximum absolute atomic E-state index is 13.5. The molecular weight excluding hydrogens is 263 g/mol. The van der Waals surface area contributed by atoms with Crippen LogP contribution in [0.4, 0.5) is 10.2 Å². The Morgan fingerprint density at radius 2 is 2.28 bits per heavy atom. The largest absolute Gasteiger partial charge is 0.480 e. The van der Waals surface area contributed by atoms with E-state index in [1.165, 1.54) is 18.3 Å². The molecule has 2 rings (SSSR count). The van der Waals surface area contributed by atoms with Crippen molar-refractivity contribution in [2.45, 2.75) is 6.54 Å². The number of rotatable bonds is 3. The molecule has 0 bridgehead atoms. The van der Waals surface area contributed by atoms with Crippen LogP contribution in [0.5, 0.6) is 0 Å². The number of aliphatic carboxylic acids is 1. The topological polar surface area (TPSA) is 94.0 Å². The molecule has 2 aromatic heterocycles. The number of carbonyl (C=O) groups is 1. The lowest BCUT2D eigenvalue weighted by Gasteiger charge is -1.98. The van der Waals surface area contributed by atoms with Gasteiger partial charge in [-0.05, 0) is 12.1 Å². The summed E-state index contributed by atoms with van der Waals surface area (Å²) in [5, 5.41) is 12.5. The lowest BCUT2D eigenvalue weighted by Crippen LogP contribution is -2.12. The highest BCUT2D eigenvalue weighted by Crippen LogP contribution is 2.31. The molecule has 0 aliphatic heterocycles. The first-order valence-corrected chi connectivity index (χ1v) is 5.23. The number of halogens is 2. The standard InChI is InChI=1S/C10H8ClFN4O2/c11-7-9(8-5(12)2-1-3-14-8)15-16(10(7)13)4-6(17)18/h1-3H,4,13H2,(H,17,18). The smallest absolute Gasteiger partial charge is 0.325 e. The zero-order valence-corrected chi connectivity index (χ0v) is 9.73. The molecule has 8 heteroatoms. The van der Waals surface area contributed by atoms with Gasteiger partial charge in [-0.1, -0.05) is 11.6 Å². The molecule has 0 radical (unpaired) electrons. The Bertz CT molecular complexity index is 614. The molecule has 0 amide bonds. The van der Waals surface area contributed by atoms with Crippen LogP contribution in [-0.2, 0) is 11.3 Å². The molecule has 6 nitrogen and oxygen atoms in total. The minimum Gasteiger partial charge on any atom is -0.480 e. The molecule has 18 heavy (non-hydrogen) atoms. The highest BCUT2D eigenvalue weighted by Gasteiger charge is 2.20. The summed E-state index contributed by atoms with van der Waals surface area (Å²) in [5.74, 6) is -1.78. The molecule has 0 saturated carbocycles. The van der Waals surface area contributed by atoms with Gasteiger partial charge >= 0.3 is 5.97 Å². The molecule has 94 valence electrons. The Morgan fingerprint density at radius 3 is 2.89 bits per heavy atom. The summed E-state index contributed by atoms with van der Waals surface area (Å²) >= 11 is 5.90. The monoisotopic (exact) mass is 270 g/mol. The fourth-order valence-corrected chi connectivity index (χ4v) is 1.64. The number of hydrogen-bond acceptors (Lipinski definition) is 4. The first-order valence-electron chi connectivity index (χ1n) is 4.85. The minimum atomic E-state index is -1.13. The average molecular weight is 271 g/mol. The van der Waals surface area contributed by atoms with Gasteiger partial charge in [0.2, 0.25) is 0 Å². The first-order chi connectivity index (χ1) is 8.50. The van der Waals surface area contributed by atoms with Crippen LogP contribution >= 0.6 is 11.6 Å². The average Bonchev–Trinajstić information content (AvgIpc) is 2.58. The lowest BCUT2D eigenvalue weighted by molar-refractivity contribution is -0.137. The highest BCUT2D eigenvalue weighted by atomic mass is 35.5. The van der Waals surface area contributed by atoms with Crippen molar-refractivity contribution in [2.75, 3.05) is 5.73 Å². The fraction of sp³-hybridized carbons (Fsp3) is 0.100. The van der Waals surface area contributed by atoms with E-state index < -0.39 is 18.3 Å². The second-order valence-corrected chi connectivity index (χ2v) is 3.81. The Morgan fingerprint density at radius 1 is 1.56 bits per heavy atom. The summed E-state index contributed by atoms with van der Waals surface area (Å²) < 4.78 is 14.5. The Kier molecular flexibility index (Phi) is 3.15. The predicted molar refractivity (Wildman–Crippen MR) is 62.5 cm³/mol. The van der Waals surface area contributed by atoms with E-state index in [1.807, 2.05) is 0 Å². The number of anilines is 1. The van der Waals surface area contributed by atoms with E-state index in [0.29, 0.717) is 0 Å². The van der Waals surface area contributed by atoms with Crippen LogP contribution < -0.4 is 5.73 Å². The van der Waals surface area contributed by atoms with Gasteiger partial charge in [-0.15, -0.1) is 0 Å². The van der Waals surface area contributed by atoms with E-state index in [2.05, 4.69) is 10.1 Å². The number of nitrogens with two attached hydrogens (primary N) is 1. The van der Waals surface area contributed by atoms with Gasteiger partial charge in [-0.3, -0.25) is 9.78 Å². The number of nitrogen functional groups attached to an aromatic ring is 1. The van der Waals surface area contributed by atoms with Crippen molar-refractivity contribution in [3.8, 4) is 11.4 Å². The third kappa shape index (κ3) is 2.12. The second kappa shape index (κ2) is 4.61. The molecule has 0 aliphatic carbocycles. The van der Waals surface area contributed by atoms with Crippen LogP contribution in [0.1, 0.15) is 0 Å². The fourth-order valence-electron chi connectivity index (χ4n) is 1.41. The first kappa shape index (κ1) is 12.3. The van der Waals surface area contributed by atoms with Crippen LogP contribution in [0.3, 0.4) is 0 Å². The van der Waals surface area contributed by atoms with E-state index >= 15 is 0 Å². The number of nitrogens with zero attached hydrogens (tertiary/aromatic N) is 3. The molecule has 2 aromatic rings. The number of pyridine rings is 1. The van der Waals surface area contributed by atoms with Gasteiger partial charge < -0.3 is 10.8 Å². The number of carboxylic acids is 1. The van der Waals surface area contributed by atoms with Gasteiger partial charge in [0.05, 0.1) is 0 Å². The van der Waals surface area contributed by atoms with Gasteiger partial charge in [0.15, 0.2) is 5.82 Å². The van der Waals surface area contributed by atoms with Crippen LogP contribution in [0.25, 0.3) is 11.4 Å². The van der Waals surface area contributed by atoms with Crippen molar-refractivity contribution < 1.29 is 14.3 Å². The van der Waals surface area contributed by atoms with Crippen LogP contribution in [-0.4, -0.2) is 25.8 Å². The van der Waals surface area contributed by atoms with Crippen molar-refractivity contribution in [3.63, 3.8) is 0 Å². The maximum atomic E-state index is 13.5. The summed E-state index contributed by atoms with van der Waals surface area (Å²) in [6, 6.07) is 2.62. The summed E-state index contributed by atoms with van der Waals surface area (Å²) in [6.45, 7) is -0.458. The summed E-state index contributed by atoms with van der Waals surface area (Å²) in [5.41, 5.74) is 5.54. The van der Waals surface area contributed by atoms with Crippen LogP contribution in [0.15, 0.2) is 18.3 Å². The Hall–Kier alpha value is -2.15. The van der Waals surface area contributed by atoms with Gasteiger partial charge in [0, 0.05) is 6.20 Å². The zero-order valence-electron chi connectivity index (χ0n) is 8.97. The normalized spacial score (nSPS) is 10.6. The van der Waals surface area contributed by atoms with Crippen molar-refractivity contribution in [3.05, 3.63) is 29.2 Å². The van der Waals surface area contributed by atoms with Crippen LogP contribution in [0, 0.1) is 5.82 Å². The van der Waals surface area contributed by atoms with Gasteiger partial charge in [-0.2, -0.15) is 5.10 Å². The lowest BCUT2D eigenvalue weighted by atomic mass is 10.2. The number of carboxylic acid groups (broad SMARTS) is 1. The van der Waals surface area contributed by atoms with E-state index in [0.717, 1.165) is 4.68 Å². The Balaban J connectivity index is 2.53. The quantitative estimate of drug-likeness (QED) is 0.879. The van der Waals surface area contributed by atoms with Crippen molar-refractivity contribution in [1.82, 2.24) is 14.8 Å². The molecule has 0 atom stereocenters.